The van der Waals surface area contributed by atoms with Crippen LogP contribution in [0.25, 0.3) is 0 Å². The van der Waals surface area contributed by atoms with Gasteiger partial charge < -0.3 is 14.6 Å². The molecule has 0 aliphatic carbocycles. The van der Waals surface area contributed by atoms with E-state index in [1.165, 1.54) is 25.4 Å². The Morgan fingerprint density at radius 2 is 1.86 bits per heavy atom. The topological polar surface area (TPSA) is 56.1 Å². The highest BCUT2D eigenvalue weighted by Gasteiger charge is 2.33. The SMILES string of the molecule is COc1cn(Cc2ccccc2)c(NCc2cccc(C(F)(F)F)c2Cl)nc1=O. The third-order valence-electron chi connectivity index (χ3n) is 4.20. The third-order valence-corrected chi connectivity index (χ3v) is 4.65. The summed E-state index contributed by atoms with van der Waals surface area (Å²) < 4.78 is 45.9. The van der Waals surface area contributed by atoms with Crippen molar-refractivity contribution in [3.63, 3.8) is 0 Å². The van der Waals surface area contributed by atoms with Crippen LogP contribution in [0.3, 0.4) is 0 Å². The molecule has 1 N–H and O–H groups in total. The van der Waals surface area contributed by atoms with Crippen LogP contribution < -0.4 is 15.6 Å². The number of aromatic nitrogens is 2. The second-order valence-corrected chi connectivity index (χ2v) is 6.56. The van der Waals surface area contributed by atoms with E-state index in [9.17, 15) is 18.0 Å². The molecule has 0 atom stereocenters. The monoisotopic (exact) mass is 423 g/mol. The number of halogens is 4. The minimum absolute atomic E-state index is 0.0453. The maximum absolute atomic E-state index is 13.1. The molecule has 5 nitrogen and oxygen atoms in total. The Morgan fingerprint density at radius 1 is 1.14 bits per heavy atom. The predicted molar refractivity (Wildman–Crippen MR) is 104 cm³/mol. The lowest BCUT2D eigenvalue weighted by atomic mass is 10.1. The Labute approximate surface area is 169 Å². The summed E-state index contributed by atoms with van der Waals surface area (Å²) in [6.45, 7) is 0.333. The van der Waals surface area contributed by atoms with E-state index < -0.39 is 22.3 Å². The number of benzene rings is 2. The molecule has 3 aromatic rings. The molecule has 0 radical (unpaired) electrons. The van der Waals surface area contributed by atoms with Crippen molar-refractivity contribution in [3.05, 3.63) is 86.8 Å². The molecule has 0 amide bonds. The summed E-state index contributed by atoms with van der Waals surface area (Å²) in [7, 11) is 1.36. The van der Waals surface area contributed by atoms with Crippen LogP contribution in [0.5, 0.6) is 5.75 Å². The Kier molecular flexibility index (Phi) is 6.12. The lowest BCUT2D eigenvalue weighted by molar-refractivity contribution is -0.137. The van der Waals surface area contributed by atoms with Gasteiger partial charge in [0, 0.05) is 6.54 Å². The quantitative estimate of drug-likeness (QED) is 0.630. The first-order chi connectivity index (χ1) is 13.8. The van der Waals surface area contributed by atoms with Gasteiger partial charge in [-0.15, -0.1) is 0 Å². The van der Waals surface area contributed by atoms with E-state index in [4.69, 9.17) is 16.3 Å². The van der Waals surface area contributed by atoms with Crippen LogP contribution >= 0.6 is 11.6 Å². The van der Waals surface area contributed by atoms with Crippen molar-refractivity contribution in [2.75, 3.05) is 12.4 Å². The van der Waals surface area contributed by atoms with E-state index in [2.05, 4.69) is 10.3 Å². The average Bonchev–Trinajstić information content (AvgIpc) is 2.68. The zero-order chi connectivity index (χ0) is 21.0. The Bertz CT molecular complexity index is 1050. The molecule has 1 heterocycles. The molecule has 9 heteroatoms. The van der Waals surface area contributed by atoms with Crippen LogP contribution in [0.4, 0.5) is 19.1 Å². The maximum Gasteiger partial charge on any atom is 0.417 e. The van der Waals surface area contributed by atoms with E-state index in [1.54, 1.807) is 4.57 Å². The molecule has 0 aliphatic rings. The van der Waals surface area contributed by atoms with E-state index in [0.29, 0.717) is 6.54 Å². The molecule has 152 valence electrons. The Hall–Kier alpha value is -3.00. The molecule has 3 rings (SSSR count). The van der Waals surface area contributed by atoms with Crippen molar-refractivity contribution >= 4 is 17.5 Å². The number of hydrogen-bond acceptors (Lipinski definition) is 4. The van der Waals surface area contributed by atoms with Gasteiger partial charge in [0.2, 0.25) is 11.7 Å². The molecule has 0 bridgehead atoms. The molecule has 1 aromatic heterocycles. The minimum Gasteiger partial charge on any atom is -0.490 e. The highest BCUT2D eigenvalue weighted by atomic mass is 35.5. The largest absolute Gasteiger partial charge is 0.490 e. The second-order valence-electron chi connectivity index (χ2n) is 6.18. The smallest absolute Gasteiger partial charge is 0.417 e. The van der Waals surface area contributed by atoms with Gasteiger partial charge >= 0.3 is 11.7 Å². The van der Waals surface area contributed by atoms with E-state index in [1.807, 2.05) is 30.3 Å². The summed E-state index contributed by atoms with van der Waals surface area (Å²) in [5, 5.41) is 2.52. The summed E-state index contributed by atoms with van der Waals surface area (Å²) in [4.78, 5) is 16.0. The third kappa shape index (κ3) is 4.89. The molecule has 0 fully saturated rings. The molecule has 2 aromatic carbocycles. The number of anilines is 1. The molecule has 0 saturated carbocycles. The van der Waals surface area contributed by atoms with Crippen molar-refractivity contribution in [2.45, 2.75) is 19.3 Å². The van der Waals surface area contributed by atoms with E-state index in [-0.39, 0.29) is 23.8 Å². The van der Waals surface area contributed by atoms with Crippen molar-refractivity contribution < 1.29 is 17.9 Å². The van der Waals surface area contributed by atoms with Crippen LogP contribution in [-0.2, 0) is 19.3 Å². The fourth-order valence-electron chi connectivity index (χ4n) is 2.76. The number of nitrogens with one attached hydrogen (secondary N) is 1. The summed E-state index contributed by atoms with van der Waals surface area (Å²) in [6.07, 6.45) is -3.06. The standard InChI is InChI=1S/C20H17ClF3N3O2/c1-29-16-12-27(11-13-6-3-2-4-7-13)19(26-18(16)28)25-10-14-8-5-9-15(17(14)21)20(22,23)24/h2-9,12H,10-11H2,1H3,(H,25,26,28). The molecule has 0 aliphatic heterocycles. The van der Waals surface area contributed by atoms with Crippen LogP contribution in [0, 0.1) is 0 Å². The van der Waals surface area contributed by atoms with Crippen LogP contribution in [-0.4, -0.2) is 16.7 Å². The fraction of sp³-hybridized carbons (Fsp3) is 0.200. The Balaban J connectivity index is 1.91. The summed E-state index contributed by atoms with van der Waals surface area (Å²) in [6, 6.07) is 13.1. The van der Waals surface area contributed by atoms with Crippen molar-refractivity contribution in [1.29, 1.82) is 0 Å². The summed E-state index contributed by atoms with van der Waals surface area (Å²) in [5.41, 5.74) is -0.324. The first kappa shape index (κ1) is 20.7. The molecular weight excluding hydrogens is 407 g/mol. The minimum atomic E-state index is -4.55. The zero-order valence-electron chi connectivity index (χ0n) is 15.3. The van der Waals surface area contributed by atoms with Gasteiger partial charge in [-0.05, 0) is 17.2 Å². The van der Waals surface area contributed by atoms with Crippen molar-refractivity contribution in [1.82, 2.24) is 9.55 Å². The summed E-state index contributed by atoms with van der Waals surface area (Å²) >= 11 is 5.94. The van der Waals surface area contributed by atoms with E-state index >= 15 is 0 Å². The first-order valence-corrected chi connectivity index (χ1v) is 8.95. The number of ether oxygens (including phenoxy) is 1. The molecule has 0 unspecified atom stereocenters. The average molecular weight is 424 g/mol. The molecule has 29 heavy (non-hydrogen) atoms. The van der Waals surface area contributed by atoms with Gasteiger partial charge in [-0.3, -0.25) is 4.79 Å². The number of rotatable bonds is 6. The zero-order valence-corrected chi connectivity index (χ0v) is 16.1. The highest BCUT2D eigenvalue weighted by Crippen LogP contribution is 2.36. The van der Waals surface area contributed by atoms with Gasteiger partial charge in [0.1, 0.15) is 0 Å². The van der Waals surface area contributed by atoms with Crippen LogP contribution in [0.1, 0.15) is 16.7 Å². The van der Waals surface area contributed by atoms with Gasteiger partial charge in [-0.1, -0.05) is 54.1 Å². The number of alkyl halides is 3. The molecule has 0 spiro atoms. The number of methoxy groups -OCH3 is 1. The lowest BCUT2D eigenvalue weighted by Crippen LogP contribution is -2.20. The van der Waals surface area contributed by atoms with Crippen molar-refractivity contribution in [3.8, 4) is 5.75 Å². The molecular formula is C20H17ClF3N3O2. The number of hydrogen-bond donors (Lipinski definition) is 1. The van der Waals surface area contributed by atoms with Gasteiger partial charge in [0.25, 0.3) is 0 Å². The van der Waals surface area contributed by atoms with Gasteiger partial charge in [-0.2, -0.15) is 18.2 Å². The van der Waals surface area contributed by atoms with Crippen LogP contribution in [0.15, 0.2) is 59.5 Å². The highest BCUT2D eigenvalue weighted by molar-refractivity contribution is 6.32. The Morgan fingerprint density at radius 3 is 2.52 bits per heavy atom. The van der Waals surface area contributed by atoms with E-state index in [0.717, 1.165) is 11.6 Å². The first-order valence-electron chi connectivity index (χ1n) is 8.57. The maximum atomic E-state index is 13.1. The second kappa shape index (κ2) is 8.57. The normalized spacial score (nSPS) is 11.3. The van der Waals surface area contributed by atoms with Crippen molar-refractivity contribution in [2.24, 2.45) is 0 Å². The van der Waals surface area contributed by atoms with Gasteiger partial charge in [0.15, 0.2) is 0 Å². The predicted octanol–water partition coefficient (Wildman–Crippen LogP) is 4.58. The lowest BCUT2D eigenvalue weighted by Gasteiger charge is -2.17. The van der Waals surface area contributed by atoms with Crippen LogP contribution in [0.2, 0.25) is 5.02 Å². The van der Waals surface area contributed by atoms with Gasteiger partial charge in [0.05, 0.1) is 30.4 Å². The van der Waals surface area contributed by atoms with Gasteiger partial charge in [-0.25, -0.2) is 0 Å². The number of nitrogens with zero attached hydrogens (tertiary/aromatic N) is 2. The fourth-order valence-corrected chi connectivity index (χ4v) is 3.06. The summed E-state index contributed by atoms with van der Waals surface area (Å²) in [5.74, 6) is 0.247. The molecule has 0 saturated heterocycles.